The Hall–Kier alpha value is -0.960. The Bertz CT molecular complexity index is 419. The molecule has 0 aromatic carbocycles. The maximum absolute atomic E-state index is 4.82. The summed E-state index contributed by atoms with van der Waals surface area (Å²) < 4.78 is 0. The second kappa shape index (κ2) is 7.16. The van der Waals surface area contributed by atoms with Gasteiger partial charge in [0.25, 0.3) is 0 Å². The van der Waals surface area contributed by atoms with E-state index in [-0.39, 0.29) is 0 Å². The fourth-order valence-electron chi connectivity index (χ4n) is 3.32. The molecule has 3 heteroatoms. The van der Waals surface area contributed by atoms with Crippen LogP contribution in [0.3, 0.4) is 0 Å². The summed E-state index contributed by atoms with van der Waals surface area (Å²) in [5, 5.41) is 3.38. The van der Waals surface area contributed by atoms with E-state index >= 15 is 0 Å². The molecule has 1 aliphatic rings. The van der Waals surface area contributed by atoms with Gasteiger partial charge >= 0.3 is 0 Å². The molecule has 1 saturated carbocycles. The van der Waals surface area contributed by atoms with E-state index in [0.29, 0.717) is 5.92 Å². The summed E-state index contributed by atoms with van der Waals surface area (Å²) in [5.41, 5.74) is 3.75. The van der Waals surface area contributed by atoms with E-state index < -0.39 is 0 Å². The number of hydrogen-bond donors (Lipinski definition) is 1. The van der Waals surface area contributed by atoms with Gasteiger partial charge in [-0.25, -0.2) is 9.97 Å². The third-order valence-electron chi connectivity index (χ3n) is 4.53. The minimum atomic E-state index is 0.596. The predicted molar refractivity (Wildman–Crippen MR) is 84.1 cm³/mol. The van der Waals surface area contributed by atoms with Gasteiger partial charge in [-0.3, -0.25) is 0 Å². The Morgan fingerprint density at radius 3 is 2.40 bits per heavy atom. The first kappa shape index (κ1) is 15.4. The molecule has 2 rings (SSSR count). The van der Waals surface area contributed by atoms with Gasteiger partial charge in [-0.1, -0.05) is 13.8 Å². The second-order valence-corrected chi connectivity index (χ2v) is 6.30. The highest BCUT2D eigenvalue weighted by molar-refractivity contribution is 5.25. The maximum atomic E-state index is 4.82. The standard InChI is InChI=1S/C17H29N3/c1-5-18-10-6-7-16-13(3)19-17(20-14(16)4)15-9-8-12(2)11-15/h12,15,18H,5-11H2,1-4H3. The molecule has 1 aromatic heterocycles. The van der Waals surface area contributed by atoms with Crippen molar-refractivity contribution in [2.45, 2.75) is 65.7 Å². The van der Waals surface area contributed by atoms with Crippen molar-refractivity contribution in [2.75, 3.05) is 13.1 Å². The molecule has 1 fully saturated rings. The number of aryl methyl sites for hydroxylation is 2. The topological polar surface area (TPSA) is 37.8 Å². The average Bonchev–Trinajstić information content (AvgIpc) is 2.83. The van der Waals surface area contributed by atoms with Crippen LogP contribution in [0.25, 0.3) is 0 Å². The third-order valence-corrected chi connectivity index (χ3v) is 4.53. The fourth-order valence-corrected chi connectivity index (χ4v) is 3.32. The van der Waals surface area contributed by atoms with Crippen LogP contribution in [0.4, 0.5) is 0 Å². The van der Waals surface area contributed by atoms with E-state index in [1.54, 1.807) is 0 Å². The quantitative estimate of drug-likeness (QED) is 0.807. The zero-order valence-electron chi connectivity index (χ0n) is 13.5. The largest absolute Gasteiger partial charge is 0.317 e. The molecule has 0 radical (unpaired) electrons. The lowest BCUT2D eigenvalue weighted by atomic mass is 10.0. The van der Waals surface area contributed by atoms with E-state index in [9.17, 15) is 0 Å². The van der Waals surface area contributed by atoms with Crippen molar-refractivity contribution in [2.24, 2.45) is 5.92 Å². The Morgan fingerprint density at radius 2 is 1.85 bits per heavy atom. The molecular weight excluding hydrogens is 246 g/mol. The highest BCUT2D eigenvalue weighted by Gasteiger charge is 2.25. The van der Waals surface area contributed by atoms with Crippen LogP contribution in [-0.2, 0) is 6.42 Å². The first-order valence-corrected chi connectivity index (χ1v) is 8.16. The van der Waals surface area contributed by atoms with Gasteiger partial charge in [-0.05, 0) is 70.5 Å². The predicted octanol–water partition coefficient (Wildman–Crippen LogP) is 3.54. The molecule has 3 nitrogen and oxygen atoms in total. The van der Waals surface area contributed by atoms with E-state index in [1.165, 1.54) is 42.6 Å². The number of nitrogens with one attached hydrogen (secondary N) is 1. The lowest BCUT2D eigenvalue weighted by Crippen LogP contribution is -2.15. The highest BCUT2D eigenvalue weighted by atomic mass is 14.9. The van der Waals surface area contributed by atoms with Crippen LogP contribution in [0.2, 0.25) is 0 Å². The van der Waals surface area contributed by atoms with Crippen LogP contribution in [0.15, 0.2) is 0 Å². The van der Waals surface area contributed by atoms with Crippen molar-refractivity contribution in [3.63, 3.8) is 0 Å². The van der Waals surface area contributed by atoms with Crippen LogP contribution in [0, 0.1) is 19.8 Å². The SMILES string of the molecule is CCNCCCc1c(C)nc(C2CCC(C)C2)nc1C. The monoisotopic (exact) mass is 275 g/mol. The minimum absolute atomic E-state index is 0.596. The highest BCUT2D eigenvalue weighted by Crippen LogP contribution is 2.36. The number of aromatic nitrogens is 2. The molecule has 2 atom stereocenters. The number of rotatable bonds is 6. The second-order valence-electron chi connectivity index (χ2n) is 6.30. The van der Waals surface area contributed by atoms with Crippen molar-refractivity contribution in [3.8, 4) is 0 Å². The van der Waals surface area contributed by atoms with Crippen LogP contribution < -0.4 is 5.32 Å². The number of nitrogens with zero attached hydrogens (tertiary/aromatic N) is 2. The summed E-state index contributed by atoms with van der Waals surface area (Å²) in [4.78, 5) is 9.64. The lowest BCUT2D eigenvalue weighted by molar-refractivity contribution is 0.582. The van der Waals surface area contributed by atoms with E-state index in [2.05, 4.69) is 33.0 Å². The van der Waals surface area contributed by atoms with E-state index in [4.69, 9.17) is 9.97 Å². The Kier molecular flexibility index (Phi) is 5.53. The van der Waals surface area contributed by atoms with Gasteiger partial charge in [0.2, 0.25) is 0 Å². The molecule has 20 heavy (non-hydrogen) atoms. The summed E-state index contributed by atoms with van der Waals surface area (Å²) in [6, 6.07) is 0. The van der Waals surface area contributed by atoms with E-state index in [1.807, 2.05) is 0 Å². The van der Waals surface area contributed by atoms with Gasteiger partial charge in [0.15, 0.2) is 0 Å². The zero-order valence-corrected chi connectivity index (χ0v) is 13.5. The molecule has 1 N–H and O–H groups in total. The van der Waals surface area contributed by atoms with Crippen LogP contribution in [0.5, 0.6) is 0 Å². The van der Waals surface area contributed by atoms with Crippen LogP contribution in [-0.4, -0.2) is 23.1 Å². The summed E-state index contributed by atoms with van der Waals surface area (Å²) in [6.45, 7) is 10.9. The van der Waals surface area contributed by atoms with Gasteiger partial charge in [-0.2, -0.15) is 0 Å². The first-order valence-electron chi connectivity index (χ1n) is 8.16. The molecule has 0 saturated heterocycles. The van der Waals surface area contributed by atoms with Gasteiger partial charge in [-0.15, -0.1) is 0 Å². The smallest absolute Gasteiger partial charge is 0.131 e. The molecule has 0 amide bonds. The van der Waals surface area contributed by atoms with Crippen LogP contribution in [0.1, 0.15) is 68.2 Å². The fraction of sp³-hybridized carbons (Fsp3) is 0.765. The maximum Gasteiger partial charge on any atom is 0.131 e. The molecule has 1 aliphatic carbocycles. The first-order chi connectivity index (χ1) is 9.61. The van der Waals surface area contributed by atoms with Gasteiger partial charge in [0.05, 0.1) is 0 Å². The molecule has 0 spiro atoms. The lowest BCUT2D eigenvalue weighted by Gasteiger charge is -2.14. The molecule has 1 heterocycles. The van der Waals surface area contributed by atoms with Crippen molar-refractivity contribution in [1.29, 1.82) is 0 Å². The summed E-state index contributed by atoms with van der Waals surface area (Å²) >= 11 is 0. The normalized spacial score (nSPS) is 22.4. The Morgan fingerprint density at radius 1 is 1.15 bits per heavy atom. The molecule has 0 bridgehead atoms. The molecule has 1 aromatic rings. The van der Waals surface area contributed by atoms with Crippen molar-refractivity contribution in [3.05, 3.63) is 22.8 Å². The summed E-state index contributed by atoms with van der Waals surface area (Å²) in [7, 11) is 0. The third kappa shape index (κ3) is 3.78. The molecule has 2 unspecified atom stereocenters. The van der Waals surface area contributed by atoms with Crippen molar-refractivity contribution < 1.29 is 0 Å². The number of hydrogen-bond acceptors (Lipinski definition) is 3. The average molecular weight is 275 g/mol. The zero-order chi connectivity index (χ0) is 14.5. The minimum Gasteiger partial charge on any atom is -0.317 e. The van der Waals surface area contributed by atoms with E-state index in [0.717, 1.165) is 31.3 Å². The summed E-state index contributed by atoms with van der Waals surface area (Å²) in [6.07, 6.45) is 6.11. The van der Waals surface area contributed by atoms with Crippen molar-refractivity contribution >= 4 is 0 Å². The van der Waals surface area contributed by atoms with Gasteiger partial charge < -0.3 is 5.32 Å². The van der Waals surface area contributed by atoms with Crippen LogP contribution >= 0.6 is 0 Å². The van der Waals surface area contributed by atoms with Crippen molar-refractivity contribution in [1.82, 2.24) is 15.3 Å². The van der Waals surface area contributed by atoms with Gasteiger partial charge in [0.1, 0.15) is 5.82 Å². The molecule has 0 aliphatic heterocycles. The van der Waals surface area contributed by atoms with Gasteiger partial charge in [0, 0.05) is 17.3 Å². The summed E-state index contributed by atoms with van der Waals surface area (Å²) in [5.74, 6) is 2.53. The Balaban J connectivity index is 2.04. The molecule has 112 valence electrons. The molecular formula is C17H29N3. The Labute approximate surface area is 123 Å².